The first kappa shape index (κ1) is 9.92. The van der Waals surface area contributed by atoms with Gasteiger partial charge in [0, 0.05) is 6.54 Å². The summed E-state index contributed by atoms with van der Waals surface area (Å²) in [5.41, 5.74) is 2.66. The van der Waals surface area contributed by atoms with E-state index in [1.54, 1.807) is 0 Å². The van der Waals surface area contributed by atoms with Gasteiger partial charge >= 0.3 is 0 Å². The highest BCUT2D eigenvalue weighted by molar-refractivity contribution is 4.47. The molecule has 0 aromatic rings. The Labute approximate surface area is 64.2 Å². The molecule has 0 spiro atoms. The summed E-state index contributed by atoms with van der Waals surface area (Å²) in [6, 6.07) is 0. The topological polar surface area (TPSA) is 38.0 Å². The molecule has 0 aromatic carbocycles. The molecular weight excluding hydrogens is 124 g/mol. The van der Waals surface area contributed by atoms with E-state index in [0.717, 1.165) is 12.5 Å². The number of nitrogens with two attached hydrogens (primary N) is 1. The SMILES string of the molecule is CC(C)CCCCCNN. The van der Waals surface area contributed by atoms with Gasteiger partial charge in [0.05, 0.1) is 0 Å². The molecule has 2 nitrogen and oxygen atoms in total. The monoisotopic (exact) mass is 144 g/mol. The van der Waals surface area contributed by atoms with Crippen LogP contribution in [0.5, 0.6) is 0 Å². The Morgan fingerprint density at radius 1 is 1.20 bits per heavy atom. The van der Waals surface area contributed by atoms with Crippen molar-refractivity contribution in [3.8, 4) is 0 Å². The largest absolute Gasteiger partial charge is 0.271 e. The van der Waals surface area contributed by atoms with Crippen LogP contribution in [0, 0.1) is 5.92 Å². The Balaban J connectivity index is 2.77. The van der Waals surface area contributed by atoms with Crippen molar-refractivity contribution in [2.75, 3.05) is 6.54 Å². The molecule has 0 heterocycles. The number of rotatable bonds is 6. The quantitative estimate of drug-likeness (QED) is 0.338. The van der Waals surface area contributed by atoms with Crippen LogP contribution in [-0.2, 0) is 0 Å². The zero-order valence-corrected chi connectivity index (χ0v) is 7.19. The molecule has 0 amide bonds. The van der Waals surface area contributed by atoms with Crippen molar-refractivity contribution in [1.82, 2.24) is 5.43 Å². The summed E-state index contributed by atoms with van der Waals surface area (Å²) >= 11 is 0. The van der Waals surface area contributed by atoms with E-state index >= 15 is 0 Å². The number of hydrazine groups is 1. The molecular formula is C8H20N2. The van der Waals surface area contributed by atoms with Gasteiger partial charge in [0.15, 0.2) is 0 Å². The van der Waals surface area contributed by atoms with Crippen molar-refractivity contribution in [1.29, 1.82) is 0 Å². The number of nitrogens with one attached hydrogen (secondary N) is 1. The van der Waals surface area contributed by atoms with Crippen molar-refractivity contribution < 1.29 is 0 Å². The van der Waals surface area contributed by atoms with Crippen LogP contribution < -0.4 is 11.3 Å². The van der Waals surface area contributed by atoms with E-state index < -0.39 is 0 Å². The predicted octanol–water partition coefficient (Wildman–Crippen LogP) is 1.67. The van der Waals surface area contributed by atoms with Crippen LogP contribution in [-0.4, -0.2) is 6.54 Å². The fourth-order valence-electron chi connectivity index (χ4n) is 0.956. The molecule has 0 aliphatic carbocycles. The van der Waals surface area contributed by atoms with Crippen LogP contribution in [0.25, 0.3) is 0 Å². The van der Waals surface area contributed by atoms with Gasteiger partial charge in [-0.1, -0.05) is 33.1 Å². The van der Waals surface area contributed by atoms with Gasteiger partial charge in [0.1, 0.15) is 0 Å². The van der Waals surface area contributed by atoms with Crippen molar-refractivity contribution in [2.45, 2.75) is 39.5 Å². The second-order valence-corrected chi connectivity index (χ2v) is 3.20. The van der Waals surface area contributed by atoms with Gasteiger partial charge in [-0.25, -0.2) is 0 Å². The van der Waals surface area contributed by atoms with Crippen molar-refractivity contribution >= 4 is 0 Å². The highest BCUT2D eigenvalue weighted by Gasteiger charge is 1.92. The Kier molecular flexibility index (Phi) is 6.98. The van der Waals surface area contributed by atoms with Crippen LogP contribution in [0.2, 0.25) is 0 Å². The minimum absolute atomic E-state index is 0.853. The molecule has 0 fully saturated rings. The van der Waals surface area contributed by atoms with Gasteiger partial charge in [0.25, 0.3) is 0 Å². The molecule has 10 heavy (non-hydrogen) atoms. The Hall–Kier alpha value is -0.0800. The molecule has 0 aliphatic heterocycles. The number of hydrogen-bond acceptors (Lipinski definition) is 2. The lowest BCUT2D eigenvalue weighted by molar-refractivity contribution is 0.518. The second-order valence-electron chi connectivity index (χ2n) is 3.20. The van der Waals surface area contributed by atoms with Crippen LogP contribution in [0.4, 0.5) is 0 Å². The maximum Gasteiger partial charge on any atom is 0.00974 e. The number of unbranched alkanes of at least 4 members (excludes halogenated alkanes) is 2. The van der Waals surface area contributed by atoms with E-state index in [1.165, 1.54) is 25.7 Å². The molecule has 0 aliphatic rings. The first-order valence-electron chi connectivity index (χ1n) is 4.21. The molecule has 0 saturated carbocycles. The molecule has 0 rings (SSSR count). The normalized spacial score (nSPS) is 10.8. The van der Waals surface area contributed by atoms with Crippen LogP contribution in [0.3, 0.4) is 0 Å². The molecule has 0 atom stereocenters. The van der Waals surface area contributed by atoms with Gasteiger partial charge in [-0.05, 0) is 12.3 Å². The minimum Gasteiger partial charge on any atom is -0.271 e. The minimum atomic E-state index is 0.853. The molecule has 0 aromatic heterocycles. The molecule has 0 bridgehead atoms. The summed E-state index contributed by atoms with van der Waals surface area (Å²) in [7, 11) is 0. The second kappa shape index (κ2) is 7.03. The lowest BCUT2D eigenvalue weighted by Crippen LogP contribution is -2.22. The Morgan fingerprint density at radius 3 is 2.40 bits per heavy atom. The molecule has 3 N–H and O–H groups in total. The lowest BCUT2D eigenvalue weighted by atomic mass is 10.1. The van der Waals surface area contributed by atoms with Crippen molar-refractivity contribution in [2.24, 2.45) is 11.8 Å². The van der Waals surface area contributed by atoms with Gasteiger partial charge in [-0.3, -0.25) is 11.3 Å². The third-order valence-corrected chi connectivity index (χ3v) is 1.60. The van der Waals surface area contributed by atoms with E-state index in [4.69, 9.17) is 5.84 Å². The summed E-state index contributed by atoms with van der Waals surface area (Å²) in [6.07, 6.45) is 5.22. The zero-order valence-electron chi connectivity index (χ0n) is 7.19. The van der Waals surface area contributed by atoms with E-state index in [9.17, 15) is 0 Å². The smallest absolute Gasteiger partial charge is 0.00974 e. The highest BCUT2D eigenvalue weighted by atomic mass is 15.2. The molecule has 2 heteroatoms. The highest BCUT2D eigenvalue weighted by Crippen LogP contribution is 2.06. The Morgan fingerprint density at radius 2 is 1.90 bits per heavy atom. The first-order valence-corrected chi connectivity index (χ1v) is 4.21. The zero-order chi connectivity index (χ0) is 7.82. The fourth-order valence-corrected chi connectivity index (χ4v) is 0.956. The summed E-state index contributed by atoms with van der Waals surface area (Å²) in [6.45, 7) is 5.49. The molecule has 62 valence electrons. The average Bonchev–Trinajstić information content (AvgIpc) is 1.87. The van der Waals surface area contributed by atoms with E-state index in [1.807, 2.05) is 0 Å². The van der Waals surface area contributed by atoms with Gasteiger partial charge in [-0.2, -0.15) is 0 Å². The first-order chi connectivity index (χ1) is 4.77. The molecule has 0 unspecified atom stereocenters. The third-order valence-electron chi connectivity index (χ3n) is 1.60. The maximum atomic E-state index is 5.12. The van der Waals surface area contributed by atoms with Gasteiger partial charge in [0.2, 0.25) is 0 Å². The fraction of sp³-hybridized carbons (Fsp3) is 1.00. The third kappa shape index (κ3) is 7.92. The maximum absolute atomic E-state index is 5.12. The molecule has 0 radical (unpaired) electrons. The van der Waals surface area contributed by atoms with E-state index in [-0.39, 0.29) is 0 Å². The predicted molar refractivity (Wildman–Crippen MR) is 45.5 cm³/mol. The van der Waals surface area contributed by atoms with Crippen molar-refractivity contribution in [3.63, 3.8) is 0 Å². The summed E-state index contributed by atoms with van der Waals surface area (Å²) in [5, 5.41) is 0. The van der Waals surface area contributed by atoms with Gasteiger partial charge in [-0.15, -0.1) is 0 Å². The summed E-state index contributed by atoms with van der Waals surface area (Å²) in [5.74, 6) is 5.97. The van der Waals surface area contributed by atoms with Crippen LogP contribution in [0.1, 0.15) is 39.5 Å². The Bertz CT molecular complexity index is 62.3. The van der Waals surface area contributed by atoms with Gasteiger partial charge < -0.3 is 0 Å². The summed E-state index contributed by atoms with van der Waals surface area (Å²) < 4.78 is 0. The lowest BCUT2D eigenvalue weighted by Gasteiger charge is -2.03. The van der Waals surface area contributed by atoms with Crippen LogP contribution >= 0.6 is 0 Å². The standard InChI is InChI=1S/C8H20N2/c1-8(2)6-4-3-5-7-10-9/h8,10H,3-7,9H2,1-2H3. The number of hydrogen-bond donors (Lipinski definition) is 2. The summed E-state index contributed by atoms with van der Waals surface area (Å²) in [4.78, 5) is 0. The van der Waals surface area contributed by atoms with Crippen LogP contribution in [0.15, 0.2) is 0 Å². The van der Waals surface area contributed by atoms with Crippen molar-refractivity contribution in [3.05, 3.63) is 0 Å². The van der Waals surface area contributed by atoms with E-state index in [2.05, 4.69) is 19.3 Å². The molecule has 0 saturated heterocycles. The van der Waals surface area contributed by atoms with E-state index in [0.29, 0.717) is 0 Å². The average molecular weight is 144 g/mol.